The summed E-state index contributed by atoms with van der Waals surface area (Å²) >= 11 is 0. The van der Waals surface area contributed by atoms with E-state index in [9.17, 15) is 4.39 Å². The summed E-state index contributed by atoms with van der Waals surface area (Å²) in [4.78, 5) is 4.27. The summed E-state index contributed by atoms with van der Waals surface area (Å²) in [6, 6.07) is 10.1. The lowest BCUT2D eigenvalue weighted by Gasteiger charge is -2.04. The molecule has 0 amide bonds. The first-order chi connectivity index (χ1) is 8.74. The Morgan fingerprint density at radius 1 is 1.33 bits per heavy atom. The molecular weight excluding hydrogens is 229 g/mol. The van der Waals surface area contributed by atoms with Gasteiger partial charge < -0.3 is 5.32 Å². The summed E-state index contributed by atoms with van der Waals surface area (Å²) in [6.07, 6.45) is 1.75. The molecule has 0 fully saturated rings. The minimum atomic E-state index is -0.517. The van der Waals surface area contributed by atoms with Crippen LogP contribution in [0.2, 0.25) is 0 Å². The molecule has 3 nitrogen and oxygen atoms in total. The molecule has 1 heterocycles. The van der Waals surface area contributed by atoms with E-state index in [1.807, 2.05) is 19.2 Å². The smallest absolute Gasteiger partial charge is 0.141 e. The zero-order chi connectivity index (χ0) is 13.0. The normalized spacial score (nSPS) is 10.1. The lowest BCUT2D eigenvalue weighted by atomic mass is 10.1. The maximum atomic E-state index is 13.5. The standard InChI is InChI=1S/C14H12FN3/c1-17-8-10-2-5-14(18-9-10)11-3-4-12(7-16)13(15)6-11/h2-6,9,17H,8H2,1H3. The Hall–Kier alpha value is -2.25. The molecule has 18 heavy (non-hydrogen) atoms. The van der Waals surface area contributed by atoms with Crippen LogP contribution in [0.1, 0.15) is 11.1 Å². The molecule has 0 saturated carbocycles. The van der Waals surface area contributed by atoms with Gasteiger partial charge in [0.15, 0.2) is 0 Å². The van der Waals surface area contributed by atoms with Crippen LogP contribution in [-0.2, 0) is 6.54 Å². The summed E-state index contributed by atoms with van der Waals surface area (Å²) in [5, 5.41) is 11.7. The van der Waals surface area contributed by atoms with Crippen LogP contribution >= 0.6 is 0 Å². The molecule has 1 N–H and O–H groups in total. The fourth-order valence-electron chi connectivity index (χ4n) is 1.67. The van der Waals surface area contributed by atoms with Crippen LogP contribution in [0.4, 0.5) is 4.39 Å². The van der Waals surface area contributed by atoms with E-state index in [0.29, 0.717) is 11.3 Å². The predicted octanol–water partition coefficient (Wildman–Crippen LogP) is 2.48. The molecule has 0 aliphatic rings. The van der Waals surface area contributed by atoms with Crippen molar-refractivity contribution in [1.82, 2.24) is 10.3 Å². The average molecular weight is 241 g/mol. The van der Waals surface area contributed by atoms with Crippen molar-refractivity contribution >= 4 is 0 Å². The van der Waals surface area contributed by atoms with Gasteiger partial charge in [-0.2, -0.15) is 5.26 Å². The number of halogens is 1. The highest BCUT2D eigenvalue weighted by atomic mass is 19.1. The average Bonchev–Trinajstić information content (AvgIpc) is 2.40. The maximum Gasteiger partial charge on any atom is 0.141 e. The molecular formula is C14H12FN3. The van der Waals surface area contributed by atoms with Gasteiger partial charge in [0.05, 0.1) is 11.3 Å². The number of nitrogens with zero attached hydrogens (tertiary/aromatic N) is 2. The van der Waals surface area contributed by atoms with Gasteiger partial charge in [0.25, 0.3) is 0 Å². The van der Waals surface area contributed by atoms with Crippen LogP contribution in [0.25, 0.3) is 11.3 Å². The molecule has 0 saturated heterocycles. The molecule has 0 spiro atoms. The van der Waals surface area contributed by atoms with Gasteiger partial charge in [0.2, 0.25) is 0 Å². The zero-order valence-corrected chi connectivity index (χ0v) is 9.94. The van der Waals surface area contributed by atoms with Crippen molar-refractivity contribution in [2.75, 3.05) is 7.05 Å². The van der Waals surface area contributed by atoms with E-state index in [2.05, 4.69) is 10.3 Å². The Morgan fingerprint density at radius 2 is 2.17 bits per heavy atom. The first-order valence-corrected chi connectivity index (χ1v) is 5.54. The molecule has 90 valence electrons. The topological polar surface area (TPSA) is 48.7 Å². The Kier molecular flexibility index (Phi) is 3.66. The van der Waals surface area contributed by atoms with Crippen molar-refractivity contribution in [3.8, 4) is 17.3 Å². The van der Waals surface area contributed by atoms with Crippen molar-refractivity contribution in [2.24, 2.45) is 0 Å². The zero-order valence-electron chi connectivity index (χ0n) is 9.94. The number of nitriles is 1. The molecule has 1 aromatic carbocycles. The lowest BCUT2D eigenvalue weighted by Crippen LogP contribution is -2.05. The van der Waals surface area contributed by atoms with Crippen LogP contribution in [0.15, 0.2) is 36.5 Å². The Bertz CT molecular complexity index is 585. The third-order valence-electron chi connectivity index (χ3n) is 2.59. The second-order valence-electron chi connectivity index (χ2n) is 3.89. The molecule has 0 aliphatic carbocycles. The Balaban J connectivity index is 2.31. The Morgan fingerprint density at radius 3 is 2.72 bits per heavy atom. The number of nitrogens with one attached hydrogen (secondary N) is 1. The number of hydrogen-bond acceptors (Lipinski definition) is 3. The van der Waals surface area contributed by atoms with Crippen LogP contribution < -0.4 is 5.32 Å². The maximum absolute atomic E-state index is 13.5. The van der Waals surface area contributed by atoms with Crippen LogP contribution in [0.3, 0.4) is 0 Å². The summed E-state index contributed by atoms with van der Waals surface area (Å²) in [5.41, 5.74) is 2.47. The molecule has 0 radical (unpaired) electrons. The van der Waals surface area contributed by atoms with Gasteiger partial charge in [-0.3, -0.25) is 4.98 Å². The highest BCUT2D eigenvalue weighted by molar-refractivity contribution is 5.60. The largest absolute Gasteiger partial charge is 0.316 e. The minimum Gasteiger partial charge on any atom is -0.316 e. The van der Waals surface area contributed by atoms with Crippen molar-refractivity contribution in [3.05, 3.63) is 53.5 Å². The van der Waals surface area contributed by atoms with E-state index >= 15 is 0 Å². The number of pyridine rings is 1. The molecule has 2 rings (SSSR count). The number of benzene rings is 1. The van der Waals surface area contributed by atoms with Crippen LogP contribution in [-0.4, -0.2) is 12.0 Å². The molecule has 4 heteroatoms. The third-order valence-corrected chi connectivity index (χ3v) is 2.59. The van der Waals surface area contributed by atoms with Crippen LogP contribution in [0, 0.1) is 17.1 Å². The minimum absolute atomic E-state index is 0.0468. The molecule has 0 unspecified atom stereocenters. The highest BCUT2D eigenvalue weighted by Gasteiger charge is 2.05. The molecule has 0 atom stereocenters. The molecule has 1 aromatic heterocycles. The van der Waals surface area contributed by atoms with Gasteiger partial charge in [-0.15, -0.1) is 0 Å². The van der Waals surface area contributed by atoms with E-state index in [0.717, 1.165) is 12.1 Å². The summed E-state index contributed by atoms with van der Waals surface area (Å²) in [7, 11) is 1.86. The van der Waals surface area contributed by atoms with Gasteiger partial charge in [0, 0.05) is 18.3 Å². The van der Waals surface area contributed by atoms with E-state index in [1.54, 1.807) is 18.3 Å². The van der Waals surface area contributed by atoms with Gasteiger partial charge >= 0.3 is 0 Å². The van der Waals surface area contributed by atoms with Gasteiger partial charge in [0.1, 0.15) is 11.9 Å². The van der Waals surface area contributed by atoms with Gasteiger partial charge in [-0.1, -0.05) is 12.1 Å². The fraction of sp³-hybridized carbons (Fsp3) is 0.143. The summed E-state index contributed by atoms with van der Waals surface area (Å²) in [5.74, 6) is -0.517. The van der Waals surface area contributed by atoms with Crippen molar-refractivity contribution in [3.63, 3.8) is 0 Å². The van der Waals surface area contributed by atoms with E-state index in [-0.39, 0.29) is 5.56 Å². The highest BCUT2D eigenvalue weighted by Crippen LogP contribution is 2.20. The molecule has 0 aliphatic heterocycles. The summed E-state index contributed by atoms with van der Waals surface area (Å²) < 4.78 is 13.5. The predicted molar refractivity (Wildman–Crippen MR) is 67.1 cm³/mol. The summed E-state index contributed by atoms with van der Waals surface area (Å²) in [6.45, 7) is 0.745. The molecule has 2 aromatic rings. The van der Waals surface area contributed by atoms with E-state index < -0.39 is 5.82 Å². The van der Waals surface area contributed by atoms with E-state index in [4.69, 9.17) is 5.26 Å². The number of hydrogen-bond donors (Lipinski definition) is 1. The van der Waals surface area contributed by atoms with Gasteiger partial charge in [-0.25, -0.2) is 4.39 Å². The van der Waals surface area contributed by atoms with Crippen molar-refractivity contribution in [2.45, 2.75) is 6.54 Å². The third kappa shape index (κ3) is 2.53. The second-order valence-corrected chi connectivity index (χ2v) is 3.89. The first-order valence-electron chi connectivity index (χ1n) is 5.54. The monoisotopic (exact) mass is 241 g/mol. The van der Waals surface area contributed by atoms with E-state index in [1.165, 1.54) is 12.1 Å². The first kappa shape index (κ1) is 12.2. The SMILES string of the molecule is CNCc1ccc(-c2ccc(C#N)c(F)c2)nc1. The molecule has 0 bridgehead atoms. The van der Waals surface area contributed by atoms with Crippen molar-refractivity contribution in [1.29, 1.82) is 5.26 Å². The fourth-order valence-corrected chi connectivity index (χ4v) is 1.67. The lowest BCUT2D eigenvalue weighted by molar-refractivity contribution is 0.624. The van der Waals surface area contributed by atoms with Gasteiger partial charge in [-0.05, 0) is 30.8 Å². The number of aromatic nitrogens is 1. The van der Waals surface area contributed by atoms with Crippen LogP contribution in [0.5, 0.6) is 0 Å². The van der Waals surface area contributed by atoms with Crippen molar-refractivity contribution < 1.29 is 4.39 Å². The second kappa shape index (κ2) is 5.39. The quantitative estimate of drug-likeness (QED) is 0.898. The number of rotatable bonds is 3. The Labute approximate surface area is 105 Å².